The monoisotopic (exact) mass is 251 g/mol. The number of allylic oxidation sites excluding steroid dienone is 12. The van der Waals surface area contributed by atoms with Crippen molar-refractivity contribution >= 4 is 0 Å². The molecule has 0 nitrogen and oxygen atoms in total. The van der Waals surface area contributed by atoms with Gasteiger partial charge < -0.3 is 0 Å². The zero-order chi connectivity index (χ0) is 10.8. The van der Waals surface area contributed by atoms with Crippen molar-refractivity contribution in [2.45, 2.75) is 19.3 Å². The van der Waals surface area contributed by atoms with E-state index in [0.29, 0.717) is 0 Å². The average Bonchev–Trinajstić information content (AvgIpc) is 3.02. The second-order valence-corrected chi connectivity index (χ2v) is 6.91. The molecule has 0 aliphatic heterocycles. The Kier molecular flexibility index (Phi) is 2.82. The molecule has 0 heterocycles. The van der Waals surface area contributed by atoms with Gasteiger partial charge in [-0.15, -0.1) is 0 Å². The van der Waals surface area contributed by atoms with Gasteiger partial charge in [0.2, 0.25) is 0 Å². The molecule has 0 radical (unpaired) electrons. The van der Waals surface area contributed by atoms with Crippen LogP contribution in [0.15, 0.2) is 68.1 Å². The predicted molar refractivity (Wildman–Crippen MR) is 65.5 cm³/mol. The van der Waals surface area contributed by atoms with Gasteiger partial charge in [0, 0.05) is 0 Å². The molecular weight excluding hydrogens is 236 g/mol. The van der Waals surface area contributed by atoms with Gasteiger partial charge in [0.15, 0.2) is 0 Å². The molecule has 0 atom stereocenters. The van der Waals surface area contributed by atoms with E-state index in [1.165, 1.54) is 0 Å². The molecule has 3 aliphatic carbocycles. The van der Waals surface area contributed by atoms with Gasteiger partial charge in [0.05, 0.1) is 0 Å². The number of hydrogen-bond acceptors (Lipinski definition) is 0. The molecular formula is C15H15Fe. The van der Waals surface area contributed by atoms with Gasteiger partial charge in [-0.3, -0.25) is 0 Å². The molecule has 0 aromatic heterocycles. The van der Waals surface area contributed by atoms with Gasteiger partial charge >= 0.3 is 101 Å². The van der Waals surface area contributed by atoms with Crippen LogP contribution in [-0.2, 0) is 13.9 Å². The third-order valence-electron chi connectivity index (χ3n) is 2.83. The van der Waals surface area contributed by atoms with Crippen LogP contribution in [0.25, 0.3) is 0 Å². The summed E-state index contributed by atoms with van der Waals surface area (Å²) < 4.78 is 4.93. The van der Waals surface area contributed by atoms with Crippen molar-refractivity contribution in [3.05, 3.63) is 68.1 Å². The molecule has 1 heteroatoms. The first kappa shape index (κ1) is 10.1. The van der Waals surface area contributed by atoms with Crippen LogP contribution in [0.2, 0.25) is 0 Å². The van der Waals surface area contributed by atoms with Crippen molar-refractivity contribution < 1.29 is 13.9 Å². The van der Waals surface area contributed by atoms with Crippen LogP contribution in [0.3, 0.4) is 0 Å². The fourth-order valence-electron chi connectivity index (χ4n) is 2.08. The van der Waals surface area contributed by atoms with Crippen molar-refractivity contribution in [2.75, 3.05) is 0 Å². The summed E-state index contributed by atoms with van der Waals surface area (Å²) in [6.45, 7) is 0. The van der Waals surface area contributed by atoms with Crippen LogP contribution < -0.4 is 0 Å². The summed E-state index contributed by atoms with van der Waals surface area (Å²) in [5, 5.41) is 0. The second-order valence-electron chi connectivity index (χ2n) is 3.96. The van der Waals surface area contributed by atoms with Crippen LogP contribution in [0, 0.1) is 0 Å². The van der Waals surface area contributed by atoms with E-state index in [1.807, 2.05) is 0 Å². The third-order valence-corrected chi connectivity index (χ3v) is 6.19. The third kappa shape index (κ3) is 1.81. The molecule has 0 fully saturated rings. The molecule has 0 aromatic rings. The summed E-state index contributed by atoms with van der Waals surface area (Å²) in [4.78, 5) is 0. The fourth-order valence-corrected chi connectivity index (χ4v) is 5.38. The molecule has 0 spiro atoms. The summed E-state index contributed by atoms with van der Waals surface area (Å²) in [6.07, 6.45) is 23.9. The summed E-state index contributed by atoms with van der Waals surface area (Å²) >= 11 is -0.375. The predicted octanol–water partition coefficient (Wildman–Crippen LogP) is 4.14. The number of rotatable bonds is 3. The fraction of sp³-hybridized carbons (Fsp3) is 0.200. The van der Waals surface area contributed by atoms with Crippen LogP contribution in [-0.4, -0.2) is 0 Å². The molecule has 0 N–H and O–H groups in total. The average molecular weight is 251 g/mol. The van der Waals surface area contributed by atoms with E-state index in [9.17, 15) is 0 Å². The molecule has 83 valence electrons. The molecule has 0 amide bonds. The van der Waals surface area contributed by atoms with E-state index in [-0.39, 0.29) is 13.9 Å². The van der Waals surface area contributed by atoms with Gasteiger partial charge in [-0.1, -0.05) is 0 Å². The molecule has 0 bridgehead atoms. The zero-order valence-corrected chi connectivity index (χ0v) is 10.3. The van der Waals surface area contributed by atoms with E-state index in [4.69, 9.17) is 0 Å². The SMILES string of the molecule is C1=CC[C]([Fe]([C]2=CC=CC2)[C]2=CC=CC2)=C1. The van der Waals surface area contributed by atoms with Crippen LogP contribution in [0.5, 0.6) is 0 Å². The van der Waals surface area contributed by atoms with E-state index < -0.39 is 0 Å². The summed E-state index contributed by atoms with van der Waals surface area (Å²) in [5.74, 6) is 0. The van der Waals surface area contributed by atoms with Gasteiger partial charge in [-0.05, 0) is 0 Å². The summed E-state index contributed by atoms with van der Waals surface area (Å²) in [5.41, 5.74) is 0. The number of hydrogen-bond donors (Lipinski definition) is 0. The van der Waals surface area contributed by atoms with E-state index >= 15 is 0 Å². The minimum absolute atomic E-state index is 0.375. The maximum atomic E-state index is 2.33. The van der Waals surface area contributed by atoms with Gasteiger partial charge in [-0.25, -0.2) is 0 Å². The van der Waals surface area contributed by atoms with Crippen molar-refractivity contribution in [3.63, 3.8) is 0 Å². The molecule has 0 saturated carbocycles. The van der Waals surface area contributed by atoms with E-state index in [2.05, 4.69) is 54.7 Å². The molecule has 0 saturated heterocycles. The van der Waals surface area contributed by atoms with E-state index in [1.54, 1.807) is 13.4 Å². The van der Waals surface area contributed by atoms with Gasteiger partial charge in [0.25, 0.3) is 0 Å². The first-order valence-electron chi connectivity index (χ1n) is 5.68. The first-order valence-corrected chi connectivity index (χ1v) is 7.34. The van der Waals surface area contributed by atoms with Crippen LogP contribution in [0.4, 0.5) is 0 Å². The maximum absolute atomic E-state index is 2.33. The Labute approximate surface area is 101 Å². The summed E-state index contributed by atoms with van der Waals surface area (Å²) in [7, 11) is 0. The Morgan fingerprint density at radius 2 is 1.00 bits per heavy atom. The Balaban J connectivity index is 1.89. The standard InChI is InChI=1S/3C5H5.Fe/c3*1-2-4-5-3-1;/h3*1-3H,4H2;. The molecule has 0 aromatic carbocycles. The van der Waals surface area contributed by atoms with Crippen LogP contribution >= 0.6 is 0 Å². The first-order chi connectivity index (χ1) is 7.95. The quantitative estimate of drug-likeness (QED) is 0.661. The Bertz CT molecular complexity index is 398. The molecule has 3 rings (SSSR count). The second kappa shape index (κ2) is 4.45. The van der Waals surface area contributed by atoms with Gasteiger partial charge in [0.1, 0.15) is 0 Å². The minimum atomic E-state index is -0.375. The van der Waals surface area contributed by atoms with Crippen molar-refractivity contribution in [1.29, 1.82) is 0 Å². The Morgan fingerprint density at radius 1 is 0.625 bits per heavy atom. The van der Waals surface area contributed by atoms with Crippen molar-refractivity contribution in [2.24, 2.45) is 0 Å². The normalized spacial score (nSPS) is 22.5. The van der Waals surface area contributed by atoms with Crippen molar-refractivity contribution in [1.82, 2.24) is 0 Å². The Hall–Kier alpha value is -1.04. The van der Waals surface area contributed by atoms with E-state index in [0.717, 1.165) is 19.3 Å². The molecule has 16 heavy (non-hydrogen) atoms. The molecule has 3 aliphatic rings. The topological polar surface area (TPSA) is 0 Å². The van der Waals surface area contributed by atoms with Crippen LogP contribution in [0.1, 0.15) is 19.3 Å². The zero-order valence-electron chi connectivity index (χ0n) is 9.17. The van der Waals surface area contributed by atoms with Gasteiger partial charge in [-0.2, -0.15) is 0 Å². The Morgan fingerprint density at radius 3 is 1.25 bits per heavy atom. The van der Waals surface area contributed by atoms with Crippen molar-refractivity contribution in [3.8, 4) is 0 Å². The molecule has 0 unspecified atom stereocenters. The summed E-state index contributed by atoms with van der Waals surface area (Å²) in [6, 6.07) is 0.